The highest BCUT2D eigenvalue weighted by molar-refractivity contribution is 7.48. The number of unbranched alkanes of at least 4 members (excludes halogenated alkanes) is 6. The quantitative estimate of drug-likeness (QED) is 0.146. The normalized spacial score (nSPS) is 11.5. The second-order valence-corrected chi connectivity index (χ2v) is 7.65. The Bertz CT molecular complexity index is 392. The first-order valence-corrected chi connectivity index (χ1v) is 10.8. The monoisotopic (exact) mass is 378 g/mol. The van der Waals surface area contributed by atoms with Gasteiger partial charge in [0.2, 0.25) is 0 Å². The van der Waals surface area contributed by atoms with E-state index in [-0.39, 0.29) is 13.2 Å². The summed E-state index contributed by atoms with van der Waals surface area (Å²) in [5.41, 5.74) is 0.308. The third kappa shape index (κ3) is 14.2. The molecule has 0 aromatic carbocycles. The van der Waals surface area contributed by atoms with Crippen molar-refractivity contribution < 1.29 is 27.7 Å². The highest BCUT2D eigenvalue weighted by Gasteiger charge is 2.26. The molecule has 0 radical (unpaired) electrons. The second kappa shape index (κ2) is 15.6. The van der Waals surface area contributed by atoms with Gasteiger partial charge >= 0.3 is 13.8 Å². The standard InChI is InChI=1S/C18H35O6P/c1-5-7-9-11-13-22-25(20,23-14-12-10-8-6-2)24-16-15-21-18(19)17(3)4/h3,5-16H2,1-2,4H3. The van der Waals surface area contributed by atoms with Crippen molar-refractivity contribution in [1.82, 2.24) is 0 Å². The summed E-state index contributed by atoms with van der Waals surface area (Å²) < 4.78 is 33.6. The highest BCUT2D eigenvalue weighted by atomic mass is 31.2. The van der Waals surface area contributed by atoms with Crippen LogP contribution in [0.1, 0.15) is 72.1 Å². The molecular formula is C18H35O6P. The van der Waals surface area contributed by atoms with E-state index in [0.717, 1.165) is 51.4 Å². The lowest BCUT2D eigenvalue weighted by molar-refractivity contribution is -0.139. The van der Waals surface area contributed by atoms with Crippen molar-refractivity contribution in [2.75, 3.05) is 26.4 Å². The molecular weight excluding hydrogens is 343 g/mol. The van der Waals surface area contributed by atoms with E-state index in [2.05, 4.69) is 20.4 Å². The summed E-state index contributed by atoms with van der Waals surface area (Å²) in [4.78, 5) is 11.3. The summed E-state index contributed by atoms with van der Waals surface area (Å²) >= 11 is 0. The number of hydrogen-bond donors (Lipinski definition) is 0. The fourth-order valence-electron chi connectivity index (χ4n) is 1.93. The predicted molar refractivity (Wildman–Crippen MR) is 99.5 cm³/mol. The molecule has 0 aliphatic rings. The van der Waals surface area contributed by atoms with Crippen LogP contribution in [-0.2, 0) is 27.7 Å². The molecule has 0 aliphatic carbocycles. The maximum atomic E-state index is 12.6. The molecule has 0 aliphatic heterocycles. The SMILES string of the molecule is C=C(C)C(=O)OCCOP(=O)(OCCCCCC)OCCCCCC. The number of phosphoric ester groups is 1. The first-order chi connectivity index (χ1) is 11.9. The Morgan fingerprint density at radius 1 is 0.800 bits per heavy atom. The Balaban J connectivity index is 4.22. The topological polar surface area (TPSA) is 71.1 Å². The number of carbonyl (C=O) groups is 1. The van der Waals surface area contributed by atoms with Crippen LogP contribution in [0.4, 0.5) is 0 Å². The van der Waals surface area contributed by atoms with Crippen LogP contribution in [0.3, 0.4) is 0 Å². The maximum Gasteiger partial charge on any atom is 0.474 e. The first-order valence-electron chi connectivity index (χ1n) is 9.31. The van der Waals surface area contributed by atoms with Crippen molar-refractivity contribution in [3.8, 4) is 0 Å². The molecule has 25 heavy (non-hydrogen) atoms. The van der Waals surface area contributed by atoms with Gasteiger partial charge < -0.3 is 4.74 Å². The smallest absolute Gasteiger partial charge is 0.460 e. The van der Waals surface area contributed by atoms with Crippen molar-refractivity contribution in [3.05, 3.63) is 12.2 Å². The van der Waals surface area contributed by atoms with Crippen LogP contribution in [-0.4, -0.2) is 32.4 Å². The Morgan fingerprint density at radius 2 is 1.28 bits per heavy atom. The van der Waals surface area contributed by atoms with Gasteiger partial charge in [-0.1, -0.05) is 59.0 Å². The van der Waals surface area contributed by atoms with E-state index < -0.39 is 13.8 Å². The number of rotatable bonds is 17. The van der Waals surface area contributed by atoms with Gasteiger partial charge in [-0.15, -0.1) is 0 Å². The Kier molecular flexibility index (Phi) is 15.1. The van der Waals surface area contributed by atoms with Crippen molar-refractivity contribution >= 4 is 13.8 Å². The summed E-state index contributed by atoms with van der Waals surface area (Å²) in [6.45, 7) is 9.91. The zero-order valence-corrected chi connectivity index (χ0v) is 17.0. The Labute approximate surface area is 152 Å². The summed E-state index contributed by atoms with van der Waals surface area (Å²) in [6.07, 6.45) is 8.13. The summed E-state index contributed by atoms with van der Waals surface area (Å²) in [6, 6.07) is 0. The predicted octanol–water partition coefficient (Wildman–Crippen LogP) is 5.42. The minimum absolute atomic E-state index is 0.0198. The Hall–Kier alpha value is -0.680. The molecule has 0 heterocycles. The fraction of sp³-hybridized carbons (Fsp3) is 0.833. The first kappa shape index (κ1) is 24.3. The maximum absolute atomic E-state index is 12.6. The summed E-state index contributed by atoms with van der Waals surface area (Å²) in [5.74, 6) is -0.501. The minimum atomic E-state index is -3.61. The van der Waals surface area contributed by atoms with Gasteiger partial charge in [-0.3, -0.25) is 13.6 Å². The molecule has 148 valence electrons. The lowest BCUT2D eigenvalue weighted by atomic mass is 10.2. The fourth-order valence-corrected chi connectivity index (χ4v) is 3.16. The average Bonchev–Trinajstić information content (AvgIpc) is 2.58. The van der Waals surface area contributed by atoms with Gasteiger partial charge in [0.1, 0.15) is 6.61 Å². The molecule has 0 aromatic heterocycles. The number of ether oxygens (including phenoxy) is 1. The van der Waals surface area contributed by atoms with Crippen LogP contribution in [0.2, 0.25) is 0 Å². The minimum Gasteiger partial charge on any atom is -0.460 e. The molecule has 0 N–H and O–H groups in total. The van der Waals surface area contributed by atoms with Gasteiger partial charge in [0, 0.05) is 5.57 Å². The van der Waals surface area contributed by atoms with Crippen LogP contribution in [0, 0.1) is 0 Å². The van der Waals surface area contributed by atoms with Gasteiger partial charge in [0.05, 0.1) is 19.8 Å². The molecule has 7 heteroatoms. The molecule has 6 nitrogen and oxygen atoms in total. The third-order valence-electron chi connectivity index (χ3n) is 3.41. The molecule has 0 fully saturated rings. The van der Waals surface area contributed by atoms with Crippen LogP contribution in [0.5, 0.6) is 0 Å². The zero-order chi connectivity index (χ0) is 19.0. The molecule has 0 atom stereocenters. The molecule has 0 aromatic rings. The van der Waals surface area contributed by atoms with Crippen molar-refractivity contribution in [2.24, 2.45) is 0 Å². The third-order valence-corrected chi connectivity index (χ3v) is 4.91. The van der Waals surface area contributed by atoms with Gasteiger partial charge in [-0.25, -0.2) is 9.36 Å². The van der Waals surface area contributed by atoms with E-state index >= 15 is 0 Å². The summed E-state index contributed by atoms with van der Waals surface area (Å²) in [5, 5.41) is 0. The lowest BCUT2D eigenvalue weighted by Crippen LogP contribution is -2.12. The van der Waals surface area contributed by atoms with E-state index in [1.54, 1.807) is 6.92 Å². The summed E-state index contributed by atoms with van der Waals surface area (Å²) in [7, 11) is -3.61. The van der Waals surface area contributed by atoms with Crippen LogP contribution < -0.4 is 0 Å². The van der Waals surface area contributed by atoms with Crippen LogP contribution in [0.15, 0.2) is 12.2 Å². The Morgan fingerprint density at radius 3 is 1.72 bits per heavy atom. The van der Waals surface area contributed by atoms with Gasteiger partial charge in [0.15, 0.2) is 0 Å². The van der Waals surface area contributed by atoms with Crippen LogP contribution >= 0.6 is 7.82 Å². The molecule has 0 unspecified atom stereocenters. The van der Waals surface area contributed by atoms with Crippen molar-refractivity contribution in [2.45, 2.75) is 72.1 Å². The molecule has 0 saturated heterocycles. The van der Waals surface area contributed by atoms with E-state index in [0.29, 0.717) is 18.8 Å². The van der Waals surface area contributed by atoms with E-state index in [4.69, 9.17) is 18.3 Å². The zero-order valence-electron chi connectivity index (χ0n) is 16.1. The largest absolute Gasteiger partial charge is 0.474 e. The molecule has 0 bridgehead atoms. The molecule has 0 saturated carbocycles. The number of phosphoric acid groups is 1. The van der Waals surface area contributed by atoms with Gasteiger partial charge in [-0.2, -0.15) is 0 Å². The van der Waals surface area contributed by atoms with E-state index in [9.17, 15) is 9.36 Å². The number of hydrogen-bond acceptors (Lipinski definition) is 6. The average molecular weight is 378 g/mol. The lowest BCUT2D eigenvalue weighted by Gasteiger charge is -2.18. The van der Waals surface area contributed by atoms with E-state index in [1.807, 2.05) is 0 Å². The van der Waals surface area contributed by atoms with E-state index in [1.165, 1.54) is 0 Å². The van der Waals surface area contributed by atoms with Crippen molar-refractivity contribution in [1.29, 1.82) is 0 Å². The van der Waals surface area contributed by atoms with Gasteiger partial charge in [0.25, 0.3) is 0 Å². The molecule has 0 spiro atoms. The van der Waals surface area contributed by atoms with Crippen LogP contribution in [0.25, 0.3) is 0 Å². The molecule has 0 amide bonds. The molecule has 0 rings (SSSR count). The highest BCUT2D eigenvalue weighted by Crippen LogP contribution is 2.49. The second-order valence-electron chi connectivity index (χ2n) is 5.98. The van der Waals surface area contributed by atoms with Gasteiger partial charge in [-0.05, 0) is 19.8 Å². The number of esters is 1. The van der Waals surface area contributed by atoms with Crippen molar-refractivity contribution in [3.63, 3.8) is 0 Å². The number of carbonyl (C=O) groups excluding carboxylic acids is 1.